The molecule has 1 aromatic heterocycles. The molecule has 5 nitrogen and oxygen atoms in total. The smallest absolute Gasteiger partial charge is 0.350 e. The summed E-state index contributed by atoms with van der Waals surface area (Å²) in [6.45, 7) is 1.76. The van der Waals surface area contributed by atoms with Crippen LogP contribution in [0.2, 0.25) is 0 Å². The number of anilines is 2. The van der Waals surface area contributed by atoms with Gasteiger partial charge in [0.1, 0.15) is 10.7 Å². The molecule has 0 fully saturated rings. The summed E-state index contributed by atoms with van der Waals surface area (Å²) in [6.07, 6.45) is 0. The largest absolute Gasteiger partial charge is 0.465 e. The number of hydrogen-bond donors (Lipinski definition) is 2. The van der Waals surface area contributed by atoms with E-state index >= 15 is 0 Å². The number of aryl methyl sites for hydroxylation is 1. The molecule has 21 heavy (non-hydrogen) atoms. The van der Waals surface area contributed by atoms with Crippen molar-refractivity contribution in [3.05, 3.63) is 45.4 Å². The van der Waals surface area contributed by atoms with Crippen molar-refractivity contribution >= 4 is 34.6 Å². The maximum atomic E-state index is 13.0. The van der Waals surface area contributed by atoms with E-state index in [0.29, 0.717) is 10.6 Å². The molecular formula is C14H13FN2O3S. The van der Waals surface area contributed by atoms with Gasteiger partial charge in [-0.2, -0.15) is 0 Å². The van der Waals surface area contributed by atoms with Crippen LogP contribution in [0.25, 0.3) is 0 Å². The Bertz CT molecular complexity index is 712. The summed E-state index contributed by atoms with van der Waals surface area (Å²) in [4.78, 5) is 24.1. The number of hydrogen-bond acceptors (Lipinski definition) is 5. The first kappa shape index (κ1) is 15.0. The normalized spacial score (nSPS) is 10.2. The van der Waals surface area contributed by atoms with Crippen molar-refractivity contribution in [2.24, 2.45) is 0 Å². The first-order chi connectivity index (χ1) is 9.93. The lowest BCUT2D eigenvalue weighted by molar-refractivity contribution is 0.0607. The highest BCUT2D eigenvalue weighted by molar-refractivity contribution is 7.12. The van der Waals surface area contributed by atoms with Gasteiger partial charge in [0.15, 0.2) is 0 Å². The van der Waals surface area contributed by atoms with Crippen LogP contribution in [0.1, 0.15) is 25.6 Å². The zero-order valence-electron chi connectivity index (χ0n) is 11.4. The van der Waals surface area contributed by atoms with Crippen molar-refractivity contribution in [1.82, 2.24) is 0 Å². The highest BCUT2D eigenvalue weighted by atomic mass is 32.1. The van der Waals surface area contributed by atoms with E-state index in [1.54, 1.807) is 12.3 Å². The average Bonchev–Trinajstić information content (AvgIpc) is 2.79. The lowest BCUT2D eigenvalue weighted by Crippen LogP contribution is -2.16. The van der Waals surface area contributed by atoms with Gasteiger partial charge >= 0.3 is 5.97 Å². The molecule has 0 spiro atoms. The second-order valence-electron chi connectivity index (χ2n) is 4.30. The van der Waals surface area contributed by atoms with Crippen molar-refractivity contribution in [3.63, 3.8) is 0 Å². The van der Waals surface area contributed by atoms with Crippen molar-refractivity contribution in [3.8, 4) is 0 Å². The summed E-state index contributed by atoms with van der Waals surface area (Å²) in [6, 6.07) is 3.50. The fraction of sp³-hybridized carbons (Fsp3) is 0.143. The van der Waals surface area contributed by atoms with Crippen LogP contribution in [0.5, 0.6) is 0 Å². The minimum atomic E-state index is -0.532. The lowest BCUT2D eigenvalue weighted by Gasteiger charge is -2.09. The number of carbonyl (C=O) groups excluding carboxylic acids is 2. The minimum Gasteiger partial charge on any atom is -0.465 e. The monoisotopic (exact) mass is 308 g/mol. The van der Waals surface area contributed by atoms with Crippen LogP contribution in [0.15, 0.2) is 23.6 Å². The van der Waals surface area contributed by atoms with Gasteiger partial charge < -0.3 is 15.8 Å². The van der Waals surface area contributed by atoms with Crippen molar-refractivity contribution in [2.45, 2.75) is 6.92 Å². The molecule has 1 heterocycles. The van der Waals surface area contributed by atoms with Gasteiger partial charge in [-0.25, -0.2) is 9.18 Å². The molecule has 1 amide bonds. The molecule has 0 aliphatic rings. The molecule has 2 rings (SSSR count). The maximum absolute atomic E-state index is 13.0. The van der Waals surface area contributed by atoms with Gasteiger partial charge in [-0.15, -0.1) is 11.3 Å². The quantitative estimate of drug-likeness (QED) is 0.675. The molecule has 0 aliphatic heterocycles. The number of thiophene rings is 1. The molecular weight excluding hydrogens is 295 g/mol. The topological polar surface area (TPSA) is 81.4 Å². The van der Waals surface area contributed by atoms with Gasteiger partial charge in [0.25, 0.3) is 5.91 Å². The fourth-order valence-corrected chi connectivity index (χ4v) is 2.69. The number of nitrogens with two attached hydrogens (primary N) is 1. The van der Waals surface area contributed by atoms with E-state index < -0.39 is 17.7 Å². The SMILES string of the molecule is COC(=O)c1scc(C)c1NC(=O)c1ccc(F)cc1N. The number of rotatable bonds is 3. The zero-order chi connectivity index (χ0) is 15.6. The van der Waals surface area contributed by atoms with Crippen molar-refractivity contribution in [1.29, 1.82) is 0 Å². The van der Waals surface area contributed by atoms with Crippen LogP contribution in [0, 0.1) is 12.7 Å². The molecule has 0 aliphatic carbocycles. The van der Waals surface area contributed by atoms with Crippen LogP contribution < -0.4 is 11.1 Å². The average molecular weight is 308 g/mol. The Kier molecular flexibility index (Phi) is 4.23. The van der Waals surface area contributed by atoms with E-state index in [2.05, 4.69) is 10.1 Å². The predicted octanol–water partition coefficient (Wildman–Crippen LogP) is 2.82. The second kappa shape index (κ2) is 5.92. The van der Waals surface area contributed by atoms with Gasteiger partial charge in [-0.05, 0) is 36.1 Å². The van der Waals surface area contributed by atoms with E-state index in [1.165, 1.54) is 24.5 Å². The van der Waals surface area contributed by atoms with Crippen LogP contribution >= 0.6 is 11.3 Å². The second-order valence-corrected chi connectivity index (χ2v) is 5.18. The summed E-state index contributed by atoms with van der Waals surface area (Å²) in [5, 5.41) is 4.35. The molecule has 7 heteroatoms. The summed E-state index contributed by atoms with van der Waals surface area (Å²) < 4.78 is 17.7. The summed E-state index contributed by atoms with van der Waals surface area (Å²) in [5.41, 5.74) is 6.89. The number of benzene rings is 1. The van der Waals surface area contributed by atoms with E-state index in [1.807, 2.05) is 0 Å². The Hall–Kier alpha value is -2.41. The summed E-state index contributed by atoms with van der Waals surface area (Å²) in [7, 11) is 1.26. The molecule has 1 aromatic carbocycles. The zero-order valence-corrected chi connectivity index (χ0v) is 12.2. The number of esters is 1. The highest BCUT2D eigenvalue weighted by Crippen LogP contribution is 2.29. The Labute approximate surface area is 124 Å². The molecule has 0 saturated heterocycles. The first-order valence-electron chi connectivity index (χ1n) is 5.96. The van der Waals surface area contributed by atoms with Crippen molar-refractivity contribution in [2.75, 3.05) is 18.2 Å². The van der Waals surface area contributed by atoms with Crippen LogP contribution in [-0.4, -0.2) is 19.0 Å². The number of halogens is 1. The molecule has 0 atom stereocenters. The predicted molar refractivity (Wildman–Crippen MR) is 79.2 cm³/mol. The van der Waals surface area contributed by atoms with Gasteiger partial charge in [-0.3, -0.25) is 4.79 Å². The fourth-order valence-electron chi connectivity index (χ4n) is 1.76. The Balaban J connectivity index is 2.32. The third-order valence-corrected chi connectivity index (χ3v) is 3.92. The Morgan fingerprint density at radius 2 is 2.10 bits per heavy atom. The molecule has 0 saturated carbocycles. The molecule has 0 bridgehead atoms. The Morgan fingerprint density at radius 3 is 2.71 bits per heavy atom. The number of nitrogens with one attached hydrogen (secondary N) is 1. The standard InChI is InChI=1S/C14H13FN2O3S/c1-7-6-21-12(14(19)20-2)11(7)17-13(18)9-4-3-8(15)5-10(9)16/h3-6H,16H2,1-2H3,(H,17,18). The van der Waals surface area contributed by atoms with E-state index in [4.69, 9.17) is 5.73 Å². The number of ether oxygens (including phenoxy) is 1. The van der Waals surface area contributed by atoms with Gasteiger partial charge in [0.2, 0.25) is 0 Å². The number of methoxy groups -OCH3 is 1. The van der Waals surface area contributed by atoms with Crippen LogP contribution in [0.4, 0.5) is 15.8 Å². The molecule has 110 valence electrons. The summed E-state index contributed by atoms with van der Waals surface area (Å²) in [5.74, 6) is -1.57. The molecule has 0 radical (unpaired) electrons. The van der Waals surface area contributed by atoms with Gasteiger partial charge in [0, 0.05) is 5.69 Å². The molecule has 2 aromatic rings. The number of nitrogen functional groups attached to an aromatic ring is 1. The highest BCUT2D eigenvalue weighted by Gasteiger charge is 2.20. The van der Waals surface area contributed by atoms with E-state index in [0.717, 1.165) is 17.7 Å². The third-order valence-electron chi connectivity index (χ3n) is 2.84. The van der Waals surface area contributed by atoms with E-state index in [-0.39, 0.29) is 11.3 Å². The first-order valence-corrected chi connectivity index (χ1v) is 6.84. The van der Waals surface area contributed by atoms with Crippen LogP contribution in [-0.2, 0) is 4.74 Å². The van der Waals surface area contributed by atoms with Crippen LogP contribution in [0.3, 0.4) is 0 Å². The third kappa shape index (κ3) is 3.03. The van der Waals surface area contributed by atoms with E-state index in [9.17, 15) is 14.0 Å². The van der Waals surface area contributed by atoms with Gasteiger partial charge in [-0.1, -0.05) is 0 Å². The summed E-state index contributed by atoms with van der Waals surface area (Å²) >= 11 is 1.17. The Morgan fingerprint density at radius 1 is 1.38 bits per heavy atom. The van der Waals surface area contributed by atoms with Gasteiger partial charge in [0.05, 0.1) is 18.4 Å². The molecule has 0 unspecified atom stereocenters. The minimum absolute atomic E-state index is 0.0278. The number of amides is 1. The van der Waals surface area contributed by atoms with Crippen molar-refractivity contribution < 1.29 is 18.7 Å². The lowest BCUT2D eigenvalue weighted by atomic mass is 10.1. The molecule has 3 N–H and O–H groups in total. The number of carbonyl (C=O) groups is 2. The maximum Gasteiger partial charge on any atom is 0.350 e.